The fraction of sp³-hybridized carbons (Fsp3) is 0.389. The molecule has 0 fully saturated rings. The zero-order valence-corrected chi connectivity index (χ0v) is 13.9. The van der Waals surface area contributed by atoms with E-state index in [1.54, 1.807) is 12.1 Å². The molecule has 6 heteroatoms. The minimum absolute atomic E-state index is 0.182. The summed E-state index contributed by atoms with van der Waals surface area (Å²) < 4.78 is 16.1. The fourth-order valence-corrected chi connectivity index (χ4v) is 2.60. The number of nitrogens with zero attached hydrogens (tertiary/aromatic N) is 2. The maximum Gasteiger partial charge on any atom is 0.336 e. The van der Waals surface area contributed by atoms with Gasteiger partial charge in [-0.15, -0.1) is 0 Å². The van der Waals surface area contributed by atoms with E-state index in [-0.39, 0.29) is 12.2 Å². The highest BCUT2D eigenvalue weighted by Gasteiger charge is 2.09. The van der Waals surface area contributed by atoms with Gasteiger partial charge in [-0.3, -0.25) is 0 Å². The third-order valence-corrected chi connectivity index (χ3v) is 3.67. The van der Waals surface area contributed by atoms with E-state index in [1.807, 2.05) is 12.1 Å². The Kier molecular flexibility index (Phi) is 4.93. The number of aryl methyl sites for hydroxylation is 2. The van der Waals surface area contributed by atoms with E-state index in [1.165, 1.54) is 0 Å². The fourth-order valence-electron chi connectivity index (χ4n) is 2.60. The topological polar surface area (TPSA) is 78.4 Å². The molecular formula is C18H20N2O4. The summed E-state index contributed by atoms with van der Waals surface area (Å²) in [5.74, 6) is 1.71. The summed E-state index contributed by atoms with van der Waals surface area (Å²) in [5, 5.41) is 4.82. The van der Waals surface area contributed by atoms with Gasteiger partial charge >= 0.3 is 5.63 Å². The Balaban J connectivity index is 1.78. The molecule has 24 heavy (non-hydrogen) atoms. The van der Waals surface area contributed by atoms with Crippen molar-refractivity contribution in [3.8, 4) is 5.75 Å². The molecule has 0 bridgehead atoms. The van der Waals surface area contributed by atoms with Gasteiger partial charge in [0.05, 0.1) is 0 Å². The lowest BCUT2D eigenvalue weighted by atomic mass is 10.1. The highest BCUT2D eigenvalue weighted by Crippen LogP contribution is 2.24. The van der Waals surface area contributed by atoms with Crippen molar-refractivity contribution in [2.45, 2.75) is 46.1 Å². The molecule has 0 aliphatic rings. The predicted octanol–water partition coefficient (Wildman–Crippen LogP) is 3.66. The van der Waals surface area contributed by atoms with Crippen LogP contribution in [-0.2, 0) is 19.4 Å². The number of ether oxygens (including phenoxy) is 1. The molecule has 0 atom stereocenters. The highest BCUT2D eigenvalue weighted by atomic mass is 16.5. The molecule has 0 saturated carbocycles. The summed E-state index contributed by atoms with van der Waals surface area (Å²) in [6, 6.07) is 7.04. The van der Waals surface area contributed by atoms with E-state index in [9.17, 15) is 4.79 Å². The molecule has 2 heterocycles. The van der Waals surface area contributed by atoms with E-state index < -0.39 is 0 Å². The smallest absolute Gasteiger partial charge is 0.336 e. The maximum absolute atomic E-state index is 11.7. The molecule has 2 aromatic heterocycles. The van der Waals surface area contributed by atoms with Crippen LogP contribution in [0.1, 0.15) is 44.0 Å². The van der Waals surface area contributed by atoms with Crippen LogP contribution in [0, 0.1) is 0 Å². The molecule has 3 rings (SSSR count). The lowest BCUT2D eigenvalue weighted by molar-refractivity contribution is 0.242. The molecule has 0 amide bonds. The summed E-state index contributed by atoms with van der Waals surface area (Å²) >= 11 is 0. The van der Waals surface area contributed by atoms with Crippen molar-refractivity contribution in [2.75, 3.05) is 0 Å². The van der Waals surface area contributed by atoms with Gasteiger partial charge in [0.15, 0.2) is 12.4 Å². The number of hydrogen-bond acceptors (Lipinski definition) is 6. The van der Waals surface area contributed by atoms with Gasteiger partial charge in [0, 0.05) is 23.9 Å². The molecule has 0 aliphatic heterocycles. The van der Waals surface area contributed by atoms with Gasteiger partial charge in [0.25, 0.3) is 5.89 Å². The lowest BCUT2D eigenvalue weighted by Gasteiger charge is -2.07. The van der Waals surface area contributed by atoms with Gasteiger partial charge in [0.2, 0.25) is 0 Å². The van der Waals surface area contributed by atoms with Gasteiger partial charge in [-0.1, -0.05) is 25.4 Å². The van der Waals surface area contributed by atoms with E-state index >= 15 is 0 Å². The molecule has 0 saturated heterocycles. The molecule has 1 aromatic carbocycles. The Labute approximate surface area is 139 Å². The van der Waals surface area contributed by atoms with E-state index in [2.05, 4.69) is 24.0 Å². The van der Waals surface area contributed by atoms with Crippen LogP contribution in [0.5, 0.6) is 5.75 Å². The van der Waals surface area contributed by atoms with Crippen molar-refractivity contribution in [1.29, 1.82) is 0 Å². The molecule has 3 aromatic rings. The molecule has 0 radical (unpaired) electrons. The first-order valence-corrected chi connectivity index (χ1v) is 8.20. The third-order valence-electron chi connectivity index (χ3n) is 3.67. The summed E-state index contributed by atoms with van der Waals surface area (Å²) in [4.78, 5) is 15.9. The number of rotatable bonds is 7. The minimum Gasteiger partial charge on any atom is -0.484 e. The second-order valence-corrected chi connectivity index (χ2v) is 5.64. The largest absolute Gasteiger partial charge is 0.484 e. The molecule has 126 valence electrons. The first-order valence-electron chi connectivity index (χ1n) is 8.20. The van der Waals surface area contributed by atoms with Crippen LogP contribution in [0.25, 0.3) is 11.0 Å². The maximum atomic E-state index is 11.7. The molecule has 6 nitrogen and oxygen atoms in total. The second-order valence-electron chi connectivity index (χ2n) is 5.64. The van der Waals surface area contributed by atoms with Crippen LogP contribution in [0.4, 0.5) is 0 Å². The van der Waals surface area contributed by atoms with Crippen molar-refractivity contribution >= 4 is 11.0 Å². The normalized spacial score (nSPS) is 11.1. The van der Waals surface area contributed by atoms with Crippen LogP contribution >= 0.6 is 0 Å². The van der Waals surface area contributed by atoms with Crippen molar-refractivity contribution in [3.05, 3.63) is 52.0 Å². The predicted molar refractivity (Wildman–Crippen MR) is 89.1 cm³/mol. The highest BCUT2D eigenvalue weighted by molar-refractivity contribution is 5.81. The second kappa shape index (κ2) is 7.29. The SMILES string of the molecule is CCCc1noc(COc2ccc3c(CCC)cc(=O)oc3c2)n1. The summed E-state index contributed by atoms with van der Waals surface area (Å²) in [7, 11) is 0. The van der Waals surface area contributed by atoms with Crippen LogP contribution < -0.4 is 10.4 Å². The third kappa shape index (κ3) is 3.64. The van der Waals surface area contributed by atoms with Crippen molar-refractivity contribution in [1.82, 2.24) is 10.1 Å². The number of benzene rings is 1. The Morgan fingerprint density at radius 2 is 1.96 bits per heavy atom. The monoisotopic (exact) mass is 328 g/mol. The van der Waals surface area contributed by atoms with Crippen molar-refractivity contribution < 1.29 is 13.7 Å². The number of fused-ring (bicyclic) bond motifs is 1. The van der Waals surface area contributed by atoms with Gasteiger partial charge in [-0.2, -0.15) is 4.98 Å². The Morgan fingerprint density at radius 3 is 2.75 bits per heavy atom. The van der Waals surface area contributed by atoms with Crippen molar-refractivity contribution in [2.24, 2.45) is 0 Å². The van der Waals surface area contributed by atoms with Gasteiger partial charge in [0.1, 0.15) is 11.3 Å². The van der Waals surface area contributed by atoms with Crippen LogP contribution in [0.3, 0.4) is 0 Å². The summed E-state index contributed by atoms with van der Waals surface area (Å²) in [5.41, 5.74) is 1.18. The minimum atomic E-state index is -0.343. The first kappa shape index (κ1) is 16.2. The molecule has 0 spiro atoms. The van der Waals surface area contributed by atoms with E-state index in [4.69, 9.17) is 13.7 Å². The standard InChI is InChI=1S/C18H20N2O4/c1-3-5-12-9-18(21)23-15-10-13(7-8-14(12)15)22-11-17-19-16(6-4-2)20-24-17/h7-10H,3-6,11H2,1-2H3. The number of aromatic nitrogens is 2. The number of hydrogen-bond donors (Lipinski definition) is 0. The van der Waals surface area contributed by atoms with Crippen LogP contribution in [0.2, 0.25) is 0 Å². The Bertz CT molecular complexity index is 882. The first-order chi connectivity index (χ1) is 11.7. The van der Waals surface area contributed by atoms with Gasteiger partial charge < -0.3 is 13.7 Å². The quantitative estimate of drug-likeness (QED) is 0.616. The van der Waals surface area contributed by atoms with E-state index in [0.29, 0.717) is 23.0 Å². The zero-order chi connectivity index (χ0) is 16.9. The zero-order valence-electron chi connectivity index (χ0n) is 13.9. The Morgan fingerprint density at radius 1 is 1.12 bits per heavy atom. The van der Waals surface area contributed by atoms with E-state index in [0.717, 1.165) is 36.6 Å². The van der Waals surface area contributed by atoms with Gasteiger partial charge in [-0.25, -0.2) is 4.79 Å². The lowest BCUT2D eigenvalue weighted by Crippen LogP contribution is -2.01. The molecule has 0 N–H and O–H groups in total. The molecule has 0 unspecified atom stereocenters. The summed E-state index contributed by atoms with van der Waals surface area (Å²) in [6.07, 6.45) is 3.55. The molecular weight excluding hydrogens is 308 g/mol. The average Bonchev–Trinajstić information content (AvgIpc) is 3.01. The van der Waals surface area contributed by atoms with Crippen molar-refractivity contribution in [3.63, 3.8) is 0 Å². The van der Waals surface area contributed by atoms with Crippen LogP contribution in [0.15, 0.2) is 38.0 Å². The van der Waals surface area contributed by atoms with Crippen LogP contribution in [-0.4, -0.2) is 10.1 Å². The average molecular weight is 328 g/mol. The molecule has 0 aliphatic carbocycles. The van der Waals surface area contributed by atoms with Gasteiger partial charge in [-0.05, 0) is 30.5 Å². The Hall–Kier alpha value is -2.63. The summed E-state index contributed by atoms with van der Waals surface area (Å²) in [6.45, 7) is 4.32.